The highest BCUT2D eigenvalue weighted by atomic mass is 16.5. The molecule has 3 unspecified atom stereocenters. The van der Waals surface area contributed by atoms with Crippen molar-refractivity contribution in [3.8, 4) is 5.75 Å². The van der Waals surface area contributed by atoms with Crippen LogP contribution in [0.3, 0.4) is 0 Å². The number of nitrogens with one attached hydrogen (secondary N) is 1. The molecule has 0 radical (unpaired) electrons. The number of amides is 2. The molecular weight excluding hydrogens is 380 g/mol. The Morgan fingerprint density at radius 1 is 1.03 bits per heavy atom. The van der Waals surface area contributed by atoms with Crippen LogP contribution in [0.25, 0.3) is 0 Å². The number of aryl methyl sites for hydroxylation is 1. The second kappa shape index (κ2) is 8.88. The summed E-state index contributed by atoms with van der Waals surface area (Å²) in [6.07, 6.45) is 3.61. The van der Waals surface area contributed by atoms with Gasteiger partial charge in [0.25, 0.3) is 0 Å². The normalized spacial score (nSPS) is 24.0. The van der Waals surface area contributed by atoms with Crippen LogP contribution in [0.15, 0.2) is 48.5 Å². The van der Waals surface area contributed by atoms with Gasteiger partial charge in [0.1, 0.15) is 17.8 Å². The largest absolute Gasteiger partial charge is 0.488 e. The lowest BCUT2D eigenvalue weighted by molar-refractivity contribution is -0.129. The van der Waals surface area contributed by atoms with Gasteiger partial charge in [-0.2, -0.15) is 0 Å². The Labute approximate surface area is 176 Å². The molecule has 158 valence electrons. The monoisotopic (exact) mass is 408 g/mol. The fourth-order valence-electron chi connectivity index (χ4n) is 4.14. The molecule has 1 aliphatic carbocycles. The predicted molar refractivity (Wildman–Crippen MR) is 116 cm³/mol. The van der Waals surface area contributed by atoms with Crippen LogP contribution < -0.4 is 15.0 Å². The fraction of sp³-hybridized carbons (Fsp3) is 0.417. The summed E-state index contributed by atoms with van der Waals surface area (Å²) in [5.74, 6) is -0.463. The standard InChI is InChI=1S/C24H28N2O4/c1-16-6-10-18(11-7-16)26-15-14-20(24(26)29)23(28)25-17-8-12-19(13-9-17)30-22-5-3-2-4-21(22)27/h6-13,20-22,27H,2-5,14-15H2,1H3,(H,25,28). The first-order valence-electron chi connectivity index (χ1n) is 10.6. The number of hydrogen-bond donors (Lipinski definition) is 2. The molecule has 30 heavy (non-hydrogen) atoms. The van der Waals surface area contributed by atoms with Crippen molar-refractivity contribution in [3.63, 3.8) is 0 Å². The number of ether oxygens (including phenoxy) is 1. The van der Waals surface area contributed by atoms with E-state index in [-0.39, 0.29) is 17.9 Å². The summed E-state index contributed by atoms with van der Waals surface area (Å²) >= 11 is 0. The summed E-state index contributed by atoms with van der Waals surface area (Å²) in [4.78, 5) is 27.1. The zero-order valence-electron chi connectivity index (χ0n) is 17.2. The van der Waals surface area contributed by atoms with Crippen molar-refractivity contribution in [1.29, 1.82) is 0 Å². The molecular formula is C24H28N2O4. The maximum Gasteiger partial charge on any atom is 0.239 e. The van der Waals surface area contributed by atoms with Crippen molar-refractivity contribution < 1.29 is 19.4 Å². The Morgan fingerprint density at radius 2 is 1.73 bits per heavy atom. The van der Waals surface area contributed by atoms with Crippen LogP contribution in [0.4, 0.5) is 11.4 Å². The van der Waals surface area contributed by atoms with Crippen LogP contribution in [0.5, 0.6) is 5.75 Å². The number of aliphatic hydroxyl groups is 1. The van der Waals surface area contributed by atoms with Gasteiger partial charge in [0, 0.05) is 17.9 Å². The van der Waals surface area contributed by atoms with Gasteiger partial charge >= 0.3 is 0 Å². The number of carbonyl (C=O) groups excluding carboxylic acids is 2. The molecule has 2 aromatic carbocycles. The summed E-state index contributed by atoms with van der Waals surface area (Å²) in [6, 6.07) is 14.8. The molecule has 0 spiro atoms. The fourth-order valence-corrected chi connectivity index (χ4v) is 4.14. The van der Waals surface area contributed by atoms with Crippen molar-refractivity contribution in [2.45, 2.75) is 51.2 Å². The van der Waals surface area contributed by atoms with Crippen LogP contribution in [-0.2, 0) is 9.59 Å². The van der Waals surface area contributed by atoms with Gasteiger partial charge in [-0.1, -0.05) is 24.1 Å². The van der Waals surface area contributed by atoms with E-state index in [1.807, 2.05) is 31.2 Å². The van der Waals surface area contributed by atoms with E-state index in [0.29, 0.717) is 24.4 Å². The summed E-state index contributed by atoms with van der Waals surface area (Å²) < 4.78 is 5.89. The number of hydrogen-bond acceptors (Lipinski definition) is 4. The maximum atomic E-state index is 12.8. The second-order valence-electron chi connectivity index (χ2n) is 8.19. The molecule has 1 heterocycles. The zero-order valence-corrected chi connectivity index (χ0v) is 17.2. The summed E-state index contributed by atoms with van der Waals surface area (Å²) in [6.45, 7) is 2.54. The van der Waals surface area contributed by atoms with Crippen LogP contribution in [-0.4, -0.2) is 35.7 Å². The number of nitrogens with zero attached hydrogens (tertiary/aromatic N) is 1. The third-order valence-corrected chi connectivity index (χ3v) is 5.94. The van der Waals surface area contributed by atoms with Gasteiger partial charge in [-0.15, -0.1) is 0 Å². The number of carbonyl (C=O) groups is 2. The summed E-state index contributed by atoms with van der Waals surface area (Å²) in [7, 11) is 0. The van der Waals surface area contributed by atoms with Crippen molar-refractivity contribution in [2.75, 3.05) is 16.8 Å². The Hall–Kier alpha value is -2.86. The zero-order chi connectivity index (χ0) is 21.1. The average molecular weight is 408 g/mol. The van der Waals surface area contributed by atoms with Crippen molar-refractivity contribution in [1.82, 2.24) is 0 Å². The molecule has 2 amide bonds. The Kier molecular flexibility index (Phi) is 6.04. The highest BCUT2D eigenvalue weighted by Crippen LogP contribution is 2.28. The van der Waals surface area contributed by atoms with Crippen LogP contribution >= 0.6 is 0 Å². The van der Waals surface area contributed by atoms with E-state index in [1.165, 1.54) is 0 Å². The Bertz CT molecular complexity index is 894. The van der Waals surface area contributed by atoms with Crippen molar-refractivity contribution in [3.05, 3.63) is 54.1 Å². The first-order valence-corrected chi connectivity index (χ1v) is 10.6. The van der Waals surface area contributed by atoms with E-state index in [2.05, 4.69) is 5.32 Å². The van der Waals surface area contributed by atoms with Gasteiger partial charge in [0.2, 0.25) is 11.8 Å². The van der Waals surface area contributed by atoms with Gasteiger partial charge in [0.05, 0.1) is 6.10 Å². The third kappa shape index (κ3) is 4.49. The quantitative estimate of drug-likeness (QED) is 0.740. The topological polar surface area (TPSA) is 78.9 Å². The Morgan fingerprint density at radius 3 is 2.43 bits per heavy atom. The van der Waals surface area contributed by atoms with Gasteiger partial charge < -0.3 is 20.1 Å². The van der Waals surface area contributed by atoms with Gasteiger partial charge in [-0.05, 0) is 69.0 Å². The van der Waals surface area contributed by atoms with Crippen molar-refractivity contribution >= 4 is 23.2 Å². The molecule has 0 aromatic heterocycles. The average Bonchev–Trinajstić information content (AvgIpc) is 3.13. The first kappa shape index (κ1) is 20.4. The van der Waals surface area contributed by atoms with E-state index in [1.54, 1.807) is 29.2 Å². The number of anilines is 2. The van der Waals surface area contributed by atoms with Gasteiger partial charge in [0.15, 0.2) is 0 Å². The van der Waals surface area contributed by atoms with Gasteiger partial charge in [-0.3, -0.25) is 9.59 Å². The van der Waals surface area contributed by atoms with Crippen LogP contribution in [0.1, 0.15) is 37.7 Å². The predicted octanol–water partition coefficient (Wildman–Crippen LogP) is 3.67. The van der Waals surface area contributed by atoms with E-state index < -0.39 is 12.0 Å². The molecule has 2 aromatic rings. The molecule has 0 bridgehead atoms. The summed E-state index contributed by atoms with van der Waals surface area (Å²) in [5.41, 5.74) is 2.58. The molecule has 1 saturated heterocycles. The molecule has 1 aliphatic heterocycles. The molecule has 4 rings (SSSR count). The van der Waals surface area contributed by atoms with E-state index in [9.17, 15) is 14.7 Å². The SMILES string of the molecule is Cc1ccc(N2CCC(C(=O)Nc3ccc(OC4CCCCC4O)cc3)C2=O)cc1. The van der Waals surface area contributed by atoms with Gasteiger partial charge in [-0.25, -0.2) is 0 Å². The Balaban J connectivity index is 1.34. The molecule has 2 aliphatic rings. The summed E-state index contributed by atoms with van der Waals surface area (Å²) in [5, 5.41) is 12.9. The lowest BCUT2D eigenvalue weighted by Crippen LogP contribution is -2.34. The molecule has 1 saturated carbocycles. The molecule has 2 N–H and O–H groups in total. The highest BCUT2D eigenvalue weighted by Gasteiger charge is 2.37. The molecule has 6 nitrogen and oxygen atoms in total. The molecule has 2 fully saturated rings. The van der Waals surface area contributed by atoms with Crippen LogP contribution in [0.2, 0.25) is 0 Å². The minimum Gasteiger partial charge on any atom is -0.488 e. The minimum atomic E-state index is -0.681. The van der Waals surface area contributed by atoms with Crippen molar-refractivity contribution in [2.24, 2.45) is 5.92 Å². The highest BCUT2D eigenvalue weighted by molar-refractivity contribution is 6.13. The first-order chi connectivity index (χ1) is 14.5. The number of benzene rings is 2. The number of rotatable bonds is 5. The van der Waals surface area contributed by atoms with E-state index in [4.69, 9.17) is 4.74 Å². The third-order valence-electron chi connectivity index (χ3n) is 5.94. The van der Waals surface area contributed by atoms with Crippen LogP contribution in [0, 0.1) is 12.8 Å². The van der Waals surface area contributed by atoms with E-state index >= 15 is 0 Å². The number of aliphatic hydroxyl groups excluding tert-OH is 1. The molecule has 3 atom stereocenters. The van der Waals surface area contributed by atoms with E-state index in [0.717, 1.165) is 36.9 Å². The minimum absolute atomic E-state index is 0.164. The lowest BCUT2D eigenvalue weighted by Gasteiger charge is -2.28. The lowest BCUT2D eigenvalue weighted by atomic mass is 9.95. The molecule has 6 heteroatoms. The smallest absolute Gasteiger partial charge is 0.239 e. The maximum absolute atomic E-state index is 12.8. The second-order valence-corrected chi connectivity index (χ2v) is 8.19.